The number of rotatable bonds is 4. The number of hydrogen-bond acceptors (Lipinski definition) is 5. The van der Waals surface area contributed by atoms with E-state index in [1.165, 1.54) is 12.1 Å². The fraction of sp³-hybridized carbons (Fsp3) is 0.100. The third kappa shape index (κ3) is 4.09. The molecule has 3 rings (SSSR count). The summed E-state index contributed by atoms with van der Waals surface area (Å²) in [6.07, 6.45) is 1.60. The normalized spacial score (nSPS) is 10.3. The molecule has 0 fully saturated rings. The molecule has 0 aliphatic carbocycles. The second-order valence-electron chi connectivity index (χ2n) is 5.55. The lowest BCUT2D eigenvalue weighted by atomic mass is 10.1. The summed E-state index contributed by atoms with van der Waals surface area (Å²) in [5.74, 6) is -2.35. The topological polar surface area (TPSA) is 97.4 Å². The average molecular weight is 363 g/mol. The van der Waals surface area contributed by atoms with E-state index in [0.717, 1.165) is 5.39 Å². The summed E-state index contributed by atoms with van der Waals surface area (Å²) in [6, 6.07) is 15.2. The predicted molar refractivity (Wildman–Crippen MR) is 101 cm³/mol. The smallest absolute Gasteiger partial charge is 0.340 e. The van der Waals surface area contributed by atoms with Crippen LogP contribution in [0.1, 0.15) is 17.3 Å². The fourth-order valence-corrected chi connectivity index (χ4v) is 2.54. The Morgan fingerprint density at radius 3 is 2.33 bits per heavy atom. The van der Waals surface area contributed by atoms with Crippen LogP contribution in [0, 0.1) is 0 Å². The minimum atomic E-state index is -0.903. The van der Waals surface area contributed by atoms with Crippen molar-refractivity contribution in [3.63, 3.8) is 0 Å². The van der Waals surface area contributed by atoms with Gasteiger partial charge < -0.3 is 15.4 Å². The van der Waals surface area contributed by atoms with E-state index in [9.17, 15) is 14.4 Å². The molecule has 0 bridgehead atoms. The largest absolute Gasteiger partial charge is 0.462 e. The van der Waals surface area contributed by atoms with Crippen LogP contribution in [0.25, 0.3) is 10.9 Å². The van der Waals surface area contributed by atoms with Crippen LogP contribution in [0.4, 0.5) is 11.4 Å². The number of carbonyl (C=O) groups is 3. The molecule has 0 aliphatic heterocycles. The van der Waals surface area contributed by atoms with Gasteiger partial charge in [0.25, 0.3) is 0 Å². The van der Waals surface area contributed by atoms with Gasteiger partial charge in [-0.2, -0.15) is 0 Å². The molecule has 0 saturated carbocycles. The Labute approximate surface area is 155 Å². The highest BCUT2D eigenvalue weighted by Crippen LogP contribution is 2.21. The highest BCUT2D eigenvalue weighted by molar-refractivity contribution is 6.44. The molecular formula is C20H17N3O4. The number of carbonyl (C=O) groups excluding carboxylic acids is 3. The molecule has 0 radical (unpaired) electrons. The minimum Gasteiger partial charge on any atom is -0.462 e. The van der Waals surface area contributed by atoms with E-state index in [4.69, 9.17) is 4.74 Å². The Hall–Kier alpha value is -3.74. The van der Waals surface area contributed by atoms with E-state index in [-0.39, 0.29) is 17.9 Å². The predicted octanol–water partition coefficient (Wildman–Crippen LogP) is 2.99. The lowest BCUT2D eigenvalue weighted by molar-refractivity contribution is -0.132. The van der Waals surface area contributed by atoms with Crippen molar-refractivity contribution in [3.05, 3.63) is 66.4 Å². The molecule has 136 valence electrons. The maximum atomic E-state index is 12.3. The molecule has 3 aromatic rings. The Kier molecular flexibility index (Phi) is 5.41. The van der Waals surface area contributed by atoms with Gasteiger partial charge in [-0.3, -0.25) is 14.6 Å². The number of aromatic nitrogens is 1. The SMILES string of the molecule is CCOC(=O)c1ccccc1NC(=O)C(=O)Nc1cccc2cccnc12. The average Bonchev–Trinajstić information content (AvgIpc) is 2.69. The Morgan fingerprint density at radius 1 is 0.889 bits per heavy atom. The van der Waals surface area contributed by atoms with E-state index >= 15 is 0 Å². The number of amides is 2. The van der Waals surface area contributed by atoms with Crippen LogP contribution >= 0.6 is 0 Å². The summed E-state index contributed by atoms with van der Waals surface area (Å²) in [6.45, 7) is 1.89. The summed E-state index contributed by atoms with van der Waals surface area (Å²) in [5, 5.41) is 5.83. The van der Waals surface area contributed by atoms with Crippen molar-refractivity contribution in [3.8, 4) is 0 Å². The lowest BCUT2D eigenvalue weighted by Crippen LogP contribution is -2.30. The number of nitrogens with zero attached hydrogens (tertiary/aromatic N) is 1. The first-order valence-electron chi connectivity index (χ1n) is 8.32. The van der Waals surface area contributed by atoms with Crippen LogP contribution in [0.2, 0.25) is 0 Å². The van der Waals surface area contributed by atoms with Gasteiger partial charge in [0.1, 0.15) is 0 Å². The van der Waals surface area contributed by atoms with Gasteiger partial charge in [-0.05, 0) is 31.2 Å². The quantitative estimate of drug-likeness (QED) is 0.549. The van der Waals surface area contributed by atoms with Crippen molar-refractivity contribution in [1.82, 2.24) is 4.98 Å². The number of hydrogen-bond donors (Lipinski definition) is 2. The monoisotopic (exact) mass is 363 g/mol. The first kappa shape index (κ1) is 18.1. The van der Waals surface area contributed by atoms with Crippen molar-refractivity contribution in [1.29, 1.82) is 0 Å². The molecule has 0 saturated heterocycles. The van der Waals surface area contributed by atoms with E-state index in [0.29, 0.717) is 11.2 Å². The fourth-order valence-electron chi connectivity index (χ4n) is 2.54. The van der Waals surface area contributed by atoms with E-state index in [1.807, 2.05) is 12.1 Å². The van der Waals surface area contributed by atoms with Crippen LogP contribution in [-0.4, -0.2) is 29.4 Å². The minimum absolute atomic E-state index is 0.173. The first-order chi connectivity index (χ1) is 13.1. The van der Waals surface area contributed by atoms with Crippen molar-refractivity contribution in [2.45, 2.75) is 6.92 Å². The van der Waals surface area contributed by atoms with Crippen molar-refractivity contribution >= 4 is 40.1 Å². The number of ether oxygens (including phenoxy) is 1. The van der Waals surface area contributed by atoms with Crippen LogP contribution < -0.4 is 10.6 Å². The molecule has 1 heterocycles. The summed E-state index contributed by atoms with van der Waals surface area (Å²) in [4.78, 5) is 40.8. The van der Waals surface area contributed by atoms with Crippen molar-refractivity contribution in [2.24, 2.45) is 0 Å². The molecule has 1 aromatic heterocycles. The molecular weight excluding hydrogens is 346 g/mol. The first-order valence-corrected chi connectivity index (χ1v) is 8.32. The van der Waals surface area contributed by atoms with E-state index in [2.05, 4.69) is 15.6 Å². The van der Waals surface area contributed by atoms with Gasteiger partial charge in [-0.25, -0.2) is 4.79 Å². The number of fused-ring (bicyclic) bond motifs is 1. The van der Waals surface area contributed by atoms with Gasteiger partial charge in [0, 0.05) is 11.6 Å². The Balaban J connectivity index is 1.77. The number of anilines is 2. The zero-order valence-corrected chi connectivity index (χ0v) is 14.6. The molecule has 2 amide bonds. The summed E-state index contributed by atoms with van der Waals surface area (Å²) < 4.78 is 4.96. The van der Waals surface area contributed by atoms with Gasteiger partial charge in [0.2, 0.25) is 0 Å². The standard InChI is InChI=1S/C20H17N3O4/c1-2-27-20(26)14-9-3-4-10-15(14)22-18(24)19(25)23-16-11-5-7-13-8-6-12-21-17(13)16/h3-12H,2H2,1H3,(H,22,24)(H,23,25). The molecule has 0 spiro atoms. The zero-order chi connectivity index (χ0) is 19.2. The second kappa shape index (κ2) is 8.09. The number of nitrogens with one attached hydrogen (secondary N) is 2. The third-order valence-corrected chi connectivity index (χ3v) is 3.76. The summed E-state index contributed by atoms with van der Waals surface area (Å²) in [5.41, 5.74) is 1.37. The highest BCUT2D eigenvalue weighted by Gasteiger charge is 2.19. The van der Waals surface area contributed by atoms with Crippen molar-refractivity contribution in [2.75, 3.05) is 17.2 Å². The molecule has 2 N–H and O–H groups in total. The Morgan fingerprint density at radius 2 is 1.56 bits per heavy atom. The molecule has 0 aliphatic rings. The number of esters is 1. The van der Waals surface area contributed by atoms with Crippen molar-refractivity contribution < 1.29 is 19.1 Å². The molecule has 7 heteroatoms. The molecule has 0 unspecified atom stereocenters. The molecule has 7 nitrogen and oxygen atoms in total. The Bertz CT molecular complexity index is 1010. The summed E-state index contributed by atoms with van der Waals surface area (Å²) >= 11 is 0. The van der Waals surface area contributed by atoms with Crippen LogP contribution in [-0.2, 0) is 14.3 Å². The van der Waals surface area contributed by atoms with Gasteiger partial charge in [0.05, 0.1) is 29.1 Å². The lowest BCUT2D eigenvalue weighted by Gasteiger charge is -2.11. The number of para-hydroxylation sites is 2. The third-order valence-electron chi connectivity index (χ3n) is 3.76. The molecule has 0 atom stereocenters. The number of benzene rings is 2. The van der Waals surface area contributed by atoms with E-state index in [1.54, 1.807) is 43.5 Å². The van der Waals surface area contributed by atoms with E-state index < -0.39 is 17.8 Å². The highest BCUT2D eigenvalue weighted by atomic mass is 16.5. The van der Waals surface area contributed by atoms with Gasteiger partial charge in [-0.1, -0.05) is 30.3 Å². The van der Waals surface area contributed by atoms with Crippen LogP contribution in [0.5, 0.6) is 0 Å². The summed E-state index contributed by atoms with van der Waals surface area (Å²) in [7, 11) is 0. The maximum absolute atomic E-state index is 12.3. The zero-order valence-electron chi connectivity index (χ0n) is 14.6. The maximum Gasteiger partial charge on any atom is 0.340 e. The second-order valence-corrected chi connectivity index (χ2v) is 5.55. The molecule has 2 aromatic carbocycles. The van der Waals surface area contributed by atoms with Crippen LogP contribution in [0.15, 0.2) is 60.8 Å². The van der Waals surface area contributed by atoms with Gasteiger partial charge in [0.15, 0.2) is 0 Å². The van der Waals surface area contributed by atoms with Crippen LogP contribution in [0.3, 0.4) is 0 Å². The van der Waals surface area contributed by atoms with Gasteiger partial charge in [-0.15, -0.1) is 0 Å². The molecule has 27 heavy (non-hydrogen) atoms. The van der Waals surface area contributed by atoms with Gasteiger partial charge >= 0.3 is 17.8 Å². The number of pyridine rings is 1.